The summed E-state index contributed by atoms with van der Waals surface area (Å²) in [7, 11) is 0. The lowest BCUT2D eigenvalue weighted by molar-refractivity contribution is -0.132. The Balaban J connectivity index is 4.19. The summed E-state index contributed by atoms with van der Waals surface area (Å²) >= 11 is 0. The largest absolute Gasteiger partial charge is 0.478 e. The number of hydrogen-bond donors (Lipinski definition) is 5. The van der Waals surface area contributed by atoms with E-state index >= 15 is 0 Å². The number of carboxylic acids is 1. The van der Waals surface area contributed by atoms with E-state index in [-0.39, 0.29) is 12.1 Å². The molecule has 0 bridgehead atoms. The van der Waals surface area contributed by atoms with E-state index in [0.29, 0.717) is 0 Å². The van der Waals surface area contributed by atoms with Crippen molar-refractivity contribution in [1.29, 1.82) is 0 Å². The fourth-order valence-corrected chi connectivity index (χ4v) is 0.688. The predicted octanol–water partition coefficient (Wildman–Crippen LogP) is -2.07. The molecular weight excluding hydrogens is 190 g/mol. The van der Waals surface area contributed by atoms with E-state index in [1.165, 1.54) is 0 Å². The normalized spacial score (nSPS) is 11.4. The van der Waals surface area contributed by atoms with Gasteiger partial charge in [0.2, 0.25) is 0 Å². The SMILES string of the molecule is C=C(CNC(CO)(CO)CO)C(=O)O. The third-order valence-corrected chi connectivity index (χ3v) is 1.89. The number of rotatable bonds is 7. The van der Waals surface area contributed by atoms with Gasteiger partial charge in [0.1, 0.15) is 0 Å². The molecule has 0 atom stereocenters. The van der Waals surface area contributed by atoms with Gasteiger partial charge in [0.15, 0.2) is 0 Å². The van der Waals surface area contributed by atoms with Gasteiger partial charge in [0.05, 0.1) is 25.4 Å². The number of hydrogen-bond acceptors (Lipinski definition) is 5. The molecule has 0 heterocycles. The van der Waals surface area contributed by atoms with Gasteiger partial charge in [-0.1, -0.05) is 6.58 Å². The van der Waals surface area contributed by atoms with Gasteiger partial charge in [0, 0.05) is 12.1 Å². The maximum Gasteiger partial charge on any atom is 0.332 e. The van der Waals surface area contributed by atoms with Crippen LogP contribution in [0.15, 0.2) is 12.2 Å². The van der Waals surface area contributed by atoms with Crippen molar-refractivity contribution in [3.05, 3.63) is 12.2 Å². The minimum atomic E-state index is -1.27. The average molecular weight is 205 g/mol. The third-order valence-electron chi connectivity index (χ3n) is 1.89. The van der Waals surface area contributed by atoms with Crippen molar-refractivity contribution in [2.75, 3.05) is 26.4 Å². The zero-order valence-electron chi connectivity index (χ0n) is 7.73. The Hall–Kier alpha value is -0.950. The summed E-state index contributed by atoms with van der Waals surface area (Å²) in [6.45, 7) is 1.66. The van der Waals surface area contributed by atoms with E-state index < -0.39 is 31.3 Å². The van der Waals surface area contributed by atoms with Gasteiger partial charge in [0.25, 0.3) is 0 Å². The van der Waals surface area contributed by atoms with Crippen LogP contribution < -0.4 is 5.32 Å². The van der Waals surface area contributed by atoms with E-state index in [2.05, 4.69) is 11.9 Å². The molecule has 0 unspecified atom stereocenters. The molecule has 0 spiro atoms. The highest BCUT2D eigenvalue weighted by Gasteiger charge is 2.27. The fourth-order valence-electron chi connectivity index (χ4n) is 0.688. The highest BCUT2D eigenvalue weighted by molar-refractivity contribution is 5.86. The molecule has 0 aromatic heterocycles. The van der Waals surface area contributed by atoms with Gasteiger partial charge in [-0.3, -0.25) is 0 Å². The van der Waals surface area contributed by atoms with Crippen molar-refractivity contribution in [1.82, 2.24) is 5.32 Å². The molecule has 6 nitrogen and oxygen atoms in total. The van der Waals surface area contributed by atoms with Gasteiger partial charge in [-0.05, 0) is 0 Å². The van der Waals surface area contributed by atoms with Crippen LogP contribution in [0.5, 0.6) is 0 Å². The Bertz CT molecular complexity index is 204. The van der Waals surface area contributed by atoms with Crippen LogP contribution in [0.3, 0.4) is 0 Å². The topological polar surface area (TPSA) is 110 Å². The van der Waals surface area contributed by atoms with E-state index in [4.69, 9.17) is 20.4 Å². The molecule has 0 aliphatic rings. The monoisotopic (exact) mass is 205 g/mol. The van der Waals surface area contributed by atoms with Gasteiger partial charge in [-0.2, -0.15) is 0 Å². The zero-order chi connectivity index (χ0) is 11.2. The first-order chi connectivity index (χ1) is 6.51. The van der Waals surface area contributed by atoms with Crippen LogP contribution in [-0.2, 0) is 4.79 Å². The van der Waals surface area contributed by atoms with Gasteiger partial charge in [-0.25, -0.2) is 4.79 Å². The summed E-state index contributed by atoms with van der Waals surface area (Å²) in [5, 5.41) is 37.6. The molecule has 0 amide bonds. The lowest BCUT2D eigenvalue weighted by Gasteiger charge is -2.28. The van der Waals surface area contributed by atoms with E-state index in [1.807, 2.05) is 0 Å². The Kier molecular flexibility index (Phi) is 5.32. The molecule has 14 heavy (non-hydrogen) atoms. The smallest absolute Gasteiger partial charge is 0.332 e. The summed E-state index contributed by atoms with van der Waals surface area (Å²) in [5.74, 6) is -1.17. The fraction of sp³-hybridized carbons (Fsp3) is 0.625. The van der Waals surface area contributed by atoms with Crippen molar-refractivity contribution >= 4 is 5.97 Å². The molecule has 0 rings (SSSR count). The Morgan fingerprint density at radius 3 is 1.93 bits per heavy atom. The number of aliphatic carboxylic acids is 1. The summed E-state index contributed by atoms with van der Waals surface area (Å²) < 4.78 is 0. The minimum absolute atomic E-state index is 0.107. The molecule has 0 aromatic rings. The zero-order valence-corrected chi connectivity index (χ0v) is 7.73. The van der Waals surface area contributed by atoms with Crippen LogP contribution in [0, 0.1) is 0 Å². The second-order valence-electron chi connectivity index (χ2n) is 3.02. The molecule has 0 radical (unpaired) electrons. The highest BCUT2D eigenvalue weighted by atomic mass is 16.4. The average Bonchev–Trinajstić information content (AvgIpc) is 2.20. The van der Waals surface area contributed by atoms with E-state index in [9.17, 15) is 4.79 Å². The number of nitrogens with one attached hydrogen (secondary N) is 1. The van der Waals surface area contributed by atoms with Crippen molar-refractivity contribution in [2.45, 2.75) is 5.54 Å². The molecule has 5 N–H and O–H groups in total. The Morgan fingerprint density at radius 2 is 1.64 bits per heavy atom. The standard InChI is InChI=1S/C8H15NO5/c1-6(7(13)14)2-9-8(3-10,4-11)5-12/h9-12H,1-5H2,(H,13,14). The summed E-state index contributed by atoms with van der Waals surface area (Å²) in [6.07, 6.45) is 0. The van der Waals surface area contributed by atoms with Crippen LogP contribution in [0.4, 0.5) is 0 Å². The Labute approximate surface area is 81.5 Å². The van der Waals surface area contributed by atoms with Crippen molar-refractivity contribution < 1.29 is 25.2 Å². The van der Waals surface area contributed by atoms with Gasteiger partial charge in [-0.15, -0.1) is 0 Å². The molecule has 0 saturated carbocycles. The second kappa shape index (κ2) is 5.71. The van der Waals surface area contributed by atoms with Crippen LogP contribution in [-0.4, -0.2) is 58.3 Å². The van der Waals surface area contributed by atoms with Crippen LogP contribution in [0.2, 0.25) is 0 Å². The van der Waals surface area contributed by atoms with Gasteiger partial charge >= 0.3 is 5.97 Å². The summed E-state index contributed by atoms with van der Waals surface area (Å²) in [5.41, 5.74) is -1.37. The maximum atomic E-state index is 10.4. The predicted molar refractivity (Wildman–Crippen MR) is 48.8 cm³/mol. The highest BCUT2D eigenvalue weighted by Crippen LogP contribution is 2.02. The summed E-state index contributed by atoms with van der Waals surface area (Å²) in [4.78, 5) is 10.4. The van der Waals surface area contributed by atoms with Gasteiger partial charge < -0.3 is 25.7 Å². The third kappa shape index (κ3) is 3.43. The van der Waals surface area contributed by atoms with Crippen molar-refractivity contribution in [3.8, 4) is 0 Å². The first-order valence-corrected chi connectivity index (χ1v) is 4.00. The van der Waals surface area contributed by atoms with Crippen LogP contribution in [0.1, 0.15) is 0 Å². The van der Waals surface area contributed by atoms with Crippen molar-refractivity contribution in [2.24, 2.45) is 0 Å². The number of carbonyl (C=O) groups is 1. The summed E-state index contributed by atoms with van der Waals surface area (Å²) in [6, 6.07) is 0. The molecular formula is C8H15NO5. The molecule has 6 heteroatoms. The maximum absolute atomic E-state index is 10.4. The van der Waals surface area contributed by atoms with E-state index in [1.54, 1.807) is 0 Å². The molecule has 82 valence electrons. The molecule has 0 aromatic carbocycles. The first kappa shape index (κ1) is 13.1. The Morgan fingerprint density at radius 1 is 1.21 bits per heavy atom. The molecule has 0 aliphatic heterocycles. The number of aliphatic hydroxyl groups is 3. The lowest BCUT2D eigenvalue weighted by Crippen LogP contribution is -2.55. The van der Waals surface area contributed by atoms with Crippen molar-refractivity contribution in [3.63, 3.8) is 0 Å². The van der Waals surface area contributed by atoms with E-state index in [0.717, 1.165) is 0 Å². The first-order valence-electron chi connectivity index (χ1n) is 4.00. The molecule has 0 saturated heterocycles. The quantitative estimate of drug-likeness (QED) is 0.305. The van der Waals surface area contributed by atoms with Crippen LogP contribution in [0.25, 0.3) is 0 Å². The van der Waals surface area contributed by atoms with Crippen LogP contribution >= 0.6 is 0 Å². The second-order valence-corrected chi connectivity index (χ2v) is 3.02. The molecule has 0 aliphatic carbocycles. The number of carboxylic acid groups (broad SMARTS) is 1. The minimum Gasteiger partial charge on any atom is -0.478 e. The molecule has 0 fully saturated rings. The lowest BCUT2D eigenvalue weighted by atomic mass is 10.0. The number of aliphatic hydroxyl groups excluding tert-OH is 3.